The van der Waals surface area contributed by atoms with Crippen LogP contribution in [0.2, 0.25) is 0 Å². The SMILES string of the molecule is Cc1cc(O)c(C(=O)CCCc2c[nH]c3ccccc23)c(O)c1. The number of phenols is 2. The van der Waals surface area contributed by atoms with Crippen molar-refractivity contribution in [2.45, 2.75) is 26.2 Å². The zero-order valence-electron chi connectivity index (χ0n) is 13.0. The van der Waals surface area contributed by atoms with Crippen LogP contribution in [0.3, 0.4) is 0 Å². The molecule has 0 fully saturated rings. The minimum atomic E-state index is -0.236. The van der Waals surface area contributed by atoms with E-state index in [0.29, 0.717) is 6.42 Å². The number of benzene rings is 2. The number of H-pyrrole nitrogens is 1. The highest BCUT2D eigenvalue weighted by Gasteiger charge is 2.16. The third kappa shape index (κ3) is 3.06. The zero-order valence-corrected chi connectivity index (χ0v) is 13.0. The van der Waals surface area contributed by atoms with Crippen LogP contribution in [0.5, 0.6) is 11.5 Å². The van der Waals surface area contributed by atoms with Crippen molar-refractivity contribution in [3.63, 3.8) is 0 Å². The average molecular weight is 309 g/mol. The molecule has 4 heteroatoms. The molecule has 0 bridgehead atoms. The molecule has 0 amide bonds. The number of carbonyl (C=O) groups excluding carboxylic acids is 1. The quantitative estimate of drug-likeness (QED) is 0.621. The van der Waals surface area contributed by atoms with Gasteiger partial charge >= 0.3 is 0 Å². The highest BCUT2D eigenvalue weighted by atomic mass is 16.3. The second kappa shape index (κ2) is 6.16. The van der Waals surface area contributed by atoms with Gasteiger partial charge in [-0.2, -0.15) is 0 Å². The van der Waals surface area contributed by atoms with Crippen LogP contribution >= 0.6 is 0 Å². The predicted molar refractivity (Wildman–Crippen MR) is 90.1 cm³/mol. The summed E-state index contributed by atoms with van der Waals surface area (Å²) in [6, 6.07) is 11.0. The summed E-state index contributed by atoms with van der Waals surface area (Å²) in [7, 11) is 0. The Kier molecular flexibility index (Phi) is 4.06. The van der Waals surface area contributed by atoms with Crippen LogP contribution in [-0.2, 0) is 6.42 Å². The van der Waals surface area contributed by atoms with Gasteiger partial charge in [0.15, 0.2) is 5.78 Å². The number of fused-ring (bicyclic) bond motifs is 1. The van der Waals surface area contributed by atoms with Crippen LogP contribution in [0.4, 0.5) is 0 Å². The highest BCUT2D eigenvalue weighted by Crippen LogP contribution is 2.30. The first-order valence-corrected chi connectivity index (χ1v) is 7.67. The molecule has 118 valence electrons. The van der Waals surface area contributed by atoms with E-state index in [2.05, 4.69) is 11.1 Å². The molecular weight excluding hydrogens is 290 g/mol. The molecule has 0 radical (unpaired) electrons. The first-order chi connectivity index (χ1) is 11.1. The van der Waals surface area contributed by atoms with Crippen LogP contribution < -0.4 is 0 Å². The van der Waals surface area contributed by atoms with Crippen molar-refractivity contribution in [2.24, 2.45) is 0 Å². The molecule has 1 aromatic heterocycles. The van der Waals surface area contributed by atoms with Gasteiger partial charge in [0, 0.05) is 23.5 Å². The average Bonchev–Trinajstić information content (AvgIpc) is 2.90. The summed E-state index contributed by atoms with van der Waals surface area (Å²) in [6.07, 6.45) is 3.68. The molecule has 0 unspecified atom stereocenters. The first-order valence-electron chi connectivity index (χ1n) is 7.67. The standard InChI is InChI=1S/C19H19NO3/c1-12-9-17(22)19(18(23)10-12)16(21)8-4-5-13-11-20-15-7-3-2-6-14(13)15/h2-3,6-7,9-11,20,22-23H,4-5,8H2,1H3. The van der Waals surface area contributed by atoms with E-state index in [4.69, 9.17) is 0 Å². The lowest BCUT2D eigenvalue weighted by Gasteiger charge is -2.07. The number of ketones is 1. The molecule has 1 heterocycles. The molecule has 0 saturated heterocycles. The van der Waals surface area contributed by atoms with E-state index in [1.165, 1.54) is 23.1 Å². The number of carbonyl (C=O) groups is 1. The number of aromatic hydroxyl groups is 2. The van der Waals surface area contributed by atoms with Gasteiger partial charge in [-0.25, -0.2) is 0 Å². The van der Waals surface area contributed by atoms with Crippen molar-refractivity contribution in [1.82, 2.24) is 4.98 Å². The molecule has 0 aliphatic heterocycles. The minimum absolute atomic E-state index is 0.0227. The normalized spacial score (nSPS) is 11.0. The van der Waals surface area contributed by atoms with Crippen molar-refractivity contribution in [1.29, 1.82) is 0 Å². The fourth-order valence-electron chi connectivity index (χ4n) is 2.94. The summed E-state index contributed by atoms with van der Waals surface area (Å²) < 4.78 is 0. The van der Waals surface area contributed by atoms with Gasteiger partial charge in [0.2, 0.25) is 0 Å². The highest BCUT2D eigenvalue weighted by molar-refractivity contribution is 6.01. The van der Waals surface area contributed by atoms with Gasteiger partial charge in [0.1, 0.15) is 17.1 Å². The number of aryl methyl sites for hydroxylation is 2. The van der Waals surface area contributed by atoms with Crippen LogP contribution in [-0.4, -0.2) is 21.0 Å². The molecule has 0 saturated carbocycles. The number of nitrogens with one attached hydrogen (secondary N) is 1. The van der Waals surface area contributed by atoms with Gasteiger partial charge < -0.3 is 15.2 Å². The summed E-state index contributed by atoms with van der Waals surface area (Å²) in [5, 5.41) is 20.9. The van der Waals surface area contributed by atoms with Gasteiger partial charge in [-0.15, -0.1) is 0 Å². The predicted octanol–water partition coefficient (Wildman–Crippen LogP) is 4.09. The maximum absolute atomic E-state index is 12.3. The number of Topliss-reactive ketones (excluding diaryl/α,β-unsaturated/α-hetero) is 1. The Labute approximate surface area is 134 Å². The first kappa shape index (κ1) is 15.2. The number of hydrogen-bond donors (Lipinski definition) is 3. The van der Waals surface area contributed by atoms with Crippen molar-refractivity contribution in [2.75, 3.05) is 0 Å². The van der Waals surface area contributed by atoms with E-state index in [0.717, 1.165) is 17.5 Å². The topological polar surface area (TPSA) is 73.3 Å². The Morgan fingerprint density at radius 3 is 2.57 bits per heavy atom. The molecule has 0 atom stereocenters. The summed E-state index contributed by atoms with van der Waals surface area (Å²) in [4.78, 5) is 15.5. The lowest BCUT2D eigenvalue weighted by Crippen LogP contribution is -2.01. The molecule has 23 heavy (non-hydrogen) atoms. The molecule has 2 aromatic carbocycles. The lowest BCUT2D eigenvalue weighted by molar-refractivity contribution is 0.0975. The molecule has 3 rings (SSSR count). The second-order valence-corrected chi connectivity index (χ2v) is 5.81. The monoisotopic (exact) mass is 309 g/mol. The summed E-state index contributed by atoms with van der Waals surface area (Å²) in [6.45, 7) is 1.75. The van der Waals surface area contributed by atoms with Crippen molar-refractivity contribution >= 4 is 16.7 Å². The summed E-state index contributed by atoms with van der Waals surface area (Å²) in [5.41, 5.74) is 3.00. The molecule has 4 nitrogen and oxygen atoms in total. The van der Waals surface area contributed by atoms with E-state index < -0.39 is 0 Å². The van der Waals surface area contributed by atoms with E-state index in [9.17, 15) is 15.0 Å². The summed E-state index contributed by atoms with van der Waals surface area (Å²) in [5.74, 6) is -0.543. The molecule has 0 spiro atoms. The molecule has 3 N–H and O–H groups in total. The molecular formula is C19H19NO3. The molecule has 0 aliphatic carbocycles. The van der Waals surface area contributed by atoms with E-state index >= 15 is 0 Å². The number of rotatable bonds is 5. The Hall–Kier alpha value is -2.75. The van der Waals surface area contributed by atoms with Crippen LogP contribution in [0.1, 0.15) is 34.3 Å². The Balaban J connectivity index is 1.68. The maximum Gasteiger partial charge on any atom is 0.170 e. The number of phenolic OH excluding ortho intramolecular Hbond substituents is 2. The number of para-hydroxylation sites is 1. The van der Waals surface area contributed by atoms with Gasteiger partial charge in [-0.3, -0.25) is 4.79 Å². The van der Waals surface area contributed by atoms with E-state index in [-0.39, 0.29) is 29.3 Å². The fraction of sp³-hybridized carbons (Fsp3) is 0.211. The van der Waals surface area contributed by atoms with E-state index in [1.54, 1.807) is 6.92 Å². The van der Waals surface area contributed by atoms with Crippen LogP contribution in [0.25, 0.3) is 10.9 Å². The number of hydrogen-bond acceptors (Lipinski definition) is 3. The van der Waals surface area contributed by atoms with Gasteiger partial charge in [0.05, 0.1) is 0 Å². The smallest absolute Gasteiger partial charge is 0.170 e. The van der Waals surface area contributed by atoms with Gasteiger partial charge in [-0.05, 0) is 49.1 Å². The Morgan fingerprint density at radius 2 is 1.83 bits per heavy atom. The zero-order chi connectivity index (χ0) is 16.4. The second-order valence-electron chi connectivity index (χ2n) is 5.81. The minimum Gasteiger partial charge on any atom is -0.507 e. The van der Waals surface area contributed by atoms with Gasteiger partial charge in [0.25, 0.3) is 0 Å². The Morgan fingerprint density at radius 1 is 1.13 bits per heavy atom. The van der Waals surface area contributed by atoms with E-state index in [1.807, 2.05) is 24.4 Å². The molecule has 0 aliphatic rings. The van der Waals surface area contributed by atoms with Crippen molar-refractivity contribution in [3.8, 4) is 11.5 Å². The van der Waals surface area contributed by atoms with Crippen molar-refractivity contribution < 1.29 is 15.0 Å². The third-order valence-corrected chi connectivity index (χ3v) is 4.04. The Bertz CT molecular complexity index is 841. The number of aromatic amines is 1. The fourth-order valence-corrected chi connectivity index (χ4v) is 2.94. The van der Waals surface area contributed by atoms with Crippen LogP contribution in [0.15, 0.2) is 42.6 Å². The molecule has 3 aromatic rings. The summed E-state index contributed by atoms with van der Waals surface area (Å²) >= 11 is 0. The lowest BCUT2D eigenvalue weighted by atomic mass is 10.00. The largest absolute Gasteiger partial charge is 0.507 e. The van der Waals surface area contributed by atoms with Crippen LogP contribution in [0, 0.1) is 6.92 Å². The maximum atomic E-state index is 12.3. The van der Waals surface area contributed by atoms with Gasteiger partial charge in [-0.1, -0.05) is 18.2 Å². The number of aromatic nitrogens is 1. The third-order valence-electron chi connectivity index (χ3n) is 4.04. The van der Waals surface area contributed by atoms with Crippen molar-refractivity contribution in [3.05, 3.63) is 59.3 Å².